The lowest BCUT2D eigenvalue weighted by atomic mass is 10.0. The van der Waals surface area contributed by atoms with Crippen molar-refractivity contribution in [3.8, 4) is 11.5 Å². The Bertz CT molecular complexity index is 751. The van der Waals surface area contributed by atoms with Crippen LogP contribution in [0.2, 0.25) is 0 Å². The summed E-state index contributed by atoms with van der Waals surface area (Å²) >= 11 is 0. The van der Waals surface area contributed by atoms with Crippen LogP contribution < -0.4 is 20.5 Å². The molecule has 1 aliphatic rings. The molecule has 0 radical (unpaired) electrons. The van der Waals surface area contributed by atoms with Gasteiger partial charge in [-0.15, -0.1) is 0 Å². The topological polar surface area (TPSA) is 68.9 Å². The van der Waals surface area contributed by atoms with Crippen molar-refractivity contribution in [3.05, 3.63) is 59.9 Å². The van der Waals surface area contributed by atoms with Crippen molar-refractivity contribution in [2.75, 3.05) is 13.2 Å². The normalized spacial score (nSPS) is 18.0. The van der Waals surface area contributed by atoms with Gasteiger partial charge in [0, 0.05) is 12.0 Å². The van der Waals surface area contributed by atoms with Gasteiger partial charge < -0.3 is 20.5 Å². The molecule has 3 N–H and O–H groups in total. The van der Waals surface area contributed by atoms with Gasteiger partial charge in [0.05, 0.1) is 19.2 Å². The van der Waals surface area contributed by atoms with Crippen molar-refractivity contribution < 1.29 is 13.9 Å². The van der Waals surface area contributed by atoms with Crippen LogP contribution in [0.4, 0.5) is 4.39 Å². The summed E-state index contributed by atoms with van der Waals surface area (Å²) < 4.78 is 24.8. The molecule has 0 bridgehead atoms. The second kappa shape index (κ2) is 7.88. The zero-order valence-electron chi connectivity index (χ0n) is 14.1. The summed E-state index contributed by atoms with van der Waals surface area (Å²) in [6, 6.07) is 14.3. The van der Waals surface area contributed by atoms with E-state index >= 15 is 0 Å². The number of benzene rings is 2. The number of fused-ring (bicyclic) bond motifs is 1. The van der Waals surface area contributed by atoms with Gasteiger partial charge in [0.2, 0.25) is 0 Å². The zero-order chi connectivity index (χ0) is 17.6. The molecule has 0 aliphatic carbocycles. The highest BCUT2D eigenvalue weighted by molar-refractivity contribution is 5.78. The number of hydrogen-bond acceptors (Lipinski definition) is 3. The van der Waals surface area contributed by atoms with Crippen LogP contribution in [0.5, 0.6) is 11.5 Å². The predicted octanol–water partition coefficient (Wildman–Crippen LogP) is 3.02. The molecule has 0 spiro atoms. The molecule has 0 amide bonds. The number of para-hydroxylation sites is 2. The van der Waals surface area contributed by atoms with Crippen molar-refractivity contribution >= 4 is 5.96 Å². The highest BCUT2D eigenvalue weighted by atomic mass is 19.1. The zero-order valence-corrected chi connectivity index (χ0v) is 14.1. The average Bonchev–Trinajstić information content (AvgIpc) is 2.62. The van der Waals surface area contributed by atoms with Crippen LogP contribution >= 0.6 is 0 Å². The summed E-state index contributed by atoms with van der Waals surface area (Å²) in [4.78, 5) is 4.31. The van der Waals surface area contributed by atoms with E-state index in [1.54, 1.807) is 18.2 Å². The quantitative estimate of drug-likeness (QED) is 0.647. The van der Waals surface area contributed by atoms with Gasteiger partial charge in [-0.05, 0) is 25.1 Å². The number of guanidine groups is 1. The number of nitrogens with zero attached hydrogens (tertiary/aromatic N) is 1. The number of hydrogen-bond donors (Lipinski definition) is 2. The molecule has 0 aromatic heterocycles. The number of nitrogens with two attached hydrogens (primary N) is 1. The second-order valence-corrected chi connectivity index (χ2v) is 5.96. The summed E-state index contributed by atoms with van der Waals surface area (Å²) in [5.41, 5.74) is 7.07. The third kappa shape index (κ3) is 4.41. The van der Waals surface area contributed by atoms with Gasteiger partial charge in [-0.25, -0.2) is 9.38 Å². The number of ether oxygens (including phenoxy) is 2. The Labute approximate surface area is 146 Å². The van der Waals surface area contributed by atoms with Gasteiger partial charge in [0.15, 0.2) is 17.5 Å². The van der Waals surface area contributed by atoms with Gasteiger partial charge in [-0.3, -0.25) is 0 Å². The van der Waals surface area contributed by atoms with E-state index < -0.39 is 0 Å². The van der Waals surface area contributed by atoms with E-state index in [1.807, 2.05) is 31.2 Å². The fourth-order valence-electron chi connectivity index (χ4n) is 2.74. The molecule has 3 rings (SSSR count). The molecule has 2 unspecified atom stereocenters. The molecular formula is C19H22FN3O2. The molecule has 132 valence electrons. The van der Waals surface area contributed by atoms with E-state index in [-0.39, 0.29) is 23.7 Å². The van der Waals surface area contributed by atoms with Crippen molar-refractivity contribution in [2.45, 2.75) is 25.5 Å². The Morgan fingerprint density at radius 2 is 2.08 bits per heavy atom. The lowest BCUT2D eigenvalue weighted by molar-refractivity contribution is 0.219. The first-order valence-electron chi connectivity index (χ1n) is 8.33. The van der Waals surface area contributed by atoms with E-state index in [4.69, 9.17) is 15.2 Å². The molecule has 6 heteroatoms. The Hall–Kier alpha value is -2.76. The SMILES string of the molecule is CC(CN=C(N)NC1CCOc2ccccc21)Oc1ccccc1F. The maximum atomic E-state index is 13.6. The molecule has 1 aliphatic heterocycles. The molecular weight excluding hydrogens is 321 g/mol. The lowest BCUT2D eigenvalue weighted by Gasteiger charge is -2.27. The van der Waals surface area contributed by atoms with Crippen LogP contribution in [0.15, 0.2) is 53.5 Å². The lowest BCUT2D eigenvalue weighted by Crippen LogP contribution is -2.38. The maximum Gasteiger partial charge on any atom is 0.189 e. The molecule has 1 heterocycles. The Kier molecular flexibility index (Phi) is 5.38. The molecule has 2 aromatic rings. The van der Waals surface area contributed by atoms with Crippen molar-refractivity contribution in [3.63, 3.8) is 0 Å². The molecule has 2 atom stereocenters. The minimum atomic E-state index is -0.386. The second-order valence-electron chi connectivity index (χ2n) is 5.96. The van der Waals surface area contributed by atoms with E-state index in [0.29, 0.717) is 19.1 Å². The van der Waals surface area contributed by atoms with Gasteiger partial charge in [0.1, 0.15) is 11.9 Å². The van der Waals surface area contributed by atoms with E-state index in [1.165, 1.54) is 6.07 Å². The minimum Gasteiger partial charge on any atom is -0.493 e. The maximum absolute atomic E-state index is 13.6. The van der Waals surface area contributed by atoms with Gasteiger partial charge >= 0.3 is 0 Å². The van der Waals surface area contributed by atoms with Crippen LogP contribution in [0, 0.1) is 5.82 Å². The average molecular weight is 343 g/mol. The smallest absolute Gasteiger partial charge is 0.189 e. The molecule has 25 heavy (non-hydrogen) atoms. The number of halogens is 1. The summed E-state index contributed by atoms with van der Waals surface area (Å²) in [5.74, 6) is 1.04. The molecule has 0 saturated heterocycles. The van der Waals surface area contributed by atoms with Gasteiger partial charge in [0.25, 0.3) is 0 Å². The van der Waals surface area contributed by atoms with Gasteiger partial charge in [-0.2, -0.15) is 0 Å². The Morgan fingerprint density at radius 1 is 1.32 bits per heavy atom. The first-order chi connectivity index (χ1) is 12.1. The van der Waals surface area contributed by atoms with Crippen LogP contribution in [0.3, 0.4) is 0 Å². The first kappa shape index (κ1) is 17.1. The Balaban J connectivity index is 1.57. The van der Waals surface area contributed by atoms with Crippen LogP contribution in [0.1, 0.15) is 24.9 Å². The standard InChI is InChI=1S/C19H22FN3O2/c1-13(25-18-9-5-3-7-15(18)20)12-22-19(21)23-16-10-11-24-17-8-4-2-6-14(16)17/h2-9,13,16H,10-12H2,1H3,(H3,21,22,23). The van der Waals surface area contributed by atoms with Crippen molar-refractivity contribution in [1.29, 1.82) is 0 Å². The molecule has 0 saturated carbocycles. The summed E-state index contributed by atoms with van der Waals surface area (Å²) in [6.45, 7) is 2.79. The Morgan fingerprint density at radius 3 is 2.92 bits per heavy atom. The fraction of sp³-hybridized carbons (Fsp3) is 0.316. The summed E-state index contributed by atoms with van der Waals surface area (Å²) in [7, 11) is 0. The predicted molar refractivity (Wildman–Crippen MR) is 95.4 cm³/mol. The molecule has 2 aromatic carbocycles. The molecule has 5 nitrogen and oxygen atoms in total. The third-order valence-corrected chi connectivity index (χ3v) is 3.96. The summed E-state index contributed by atoms with van der Waals surface area (Å²) in [5, 5.41) is 3.22. The minimum absolute atomic E-state index is 0.0662. The monoisotopic (exact) mass is 343 g/mol. The van der Waals surface area contributed by atoms with Crippen LogP contribution in [-0.4, -0.2) is 25.2 Å². The molecule has 0 fully saturated rings. The highest BCUT2D eigenvalue weighted by Crippen LogP contribution is 2.31. The van der Waals surface area contributed by atoms with Crippen molar-refractivity contribution in [1.82, 2.24) is 5.32 Å². The number of aliphatic imine (C=N–C) groups is 1. The largest absolute Gasteiger partial charge is 0.493 e. The van der Waals surface area contributed by atoms with E-state index in [2.05, 4.69) is 10.3 Å². The number of nitrogens with one attached hydrogen (secondary N) is 1. The van der Waals surface area contributed by atoms with Crippen molar-refractivity contribution in [2.24, 2.45) is 10.7 Å². The summed E-state index contributed by atoms with van der Waals surface area (Å²) in [6.07, 6.45) is 0.522. The van der Waals surface area contributed by atoms with Crippen LogP contribution in [0.25, 0.3) is 0 Å². The van der Waals surface area contributed by atoms with E-state index in [9.17, 15) is 4.39 Å². The number of rotatable bonds is 5. The van der Waals surface area contributed by atoms with Crippen LogP contribution in [-0.2, 0) is 0 Å². The highest BCUT2D eigenvalue weighted by Gasteiger charge is 2.21. The van der Waals surface area contributed by atoms with Gasteiger partial charge in [-0.1, -0.05) is 30.3 Å². The fourth-order valence-corrected chi connectivity index (χ4v) is 2.74. The first-order valence-corrected chi connectivity index (χ1v) is 8.33. The third-order valence-electron chi connectivity index (χ3n) is 3.96. The van der Waals surface area contributed by atoms with E-state index in [0.717, 1.165) is 17.7 Å².